The standard InChI is InChI=1S/C18H19N3O/c1-13(10-18(20)22)21-12-14-6-8-15(9-7-14)17-5-3-2-4-16(17)11-19/h2-9,13,21H,10,12H2,1H3,(H2,20,22)/t13-/m1/s1. The third kappa shape index (κ3) is 4.18. The number of nitrogens with zero attached hydrogens (tertiary/aromatic N) is 1. The lowest BCUT2D eigenvalue weighted by atomic mass is 9.99. The first-order valence-electron chi connectivity index (χ1n) is 7.20. The summed E-state index contributed by atoms with van der Waals surface area (Å²) in [5.74, 6) is -0.302. The van der Waals surface area contributed by atoms with Gasteiger partial charge in [-0.2, -0.15) is 5.26 Å². The number of nitrogens with two attached hydrogens (primary N) is 1. The number of primary amides is 1. The number of carbonyl (C=O) groups excluding carboxylic acids is 1. The van der Waals surface area contributed by atoms with Crippen LogP contribution in [0.15, 0.2) is 48.5 Å². The van der Waals surface area contributed by atoms with Gasteiger partial charge in [0.25, 0.3) is 0 Å². The predicted octanol–water partition coefficient (Wildman–Crippen LogP) is 2.58. The summed E-state index contributed by atoms with van der Waals surface area (Å²) in [6, 6.07) is 17.9. The van der Waals surface area contributed by atoms with Gasteiger partial charge >= 0.3 is 0 Å². The fraction of sp³-hybridized carbons (Fsp3) is 0.222. The molecule has 0 saturated carbocycles. The van der Waals surface area contributed by atoms with E-state index in [1.165, 1.54) is 0 Å². The Morgan fingerprint density at radius 3 is 2.55 bits per heavy atom. The van der Waals surface area contributed by atoms with Crippen LogP contribution in [0.1, 0.15) is 24.5 Å². The molecule has 2 aromatic rings. The Labute approximate surface area is 130 Å². The third-order valence-corrected chi connectivity index (χ3v) is 3.47. The first-order chi connectivity index (χ1) is 10.6. The number of nitrogens with one attached hydrogen (secondary N) is 1. The van der Waals surface area contributed by atoms with Gasteiger partial charge in [0.1, 0.15) is 0 Å². The molecule has 0 unspecified atom stereocenters. The molecule has 0 bridgehead atoms. The maximum atomic E-state index is 10.8. The van der Waals surface area contributed by atoms with Crippen LogP contribution in [0.2, 0.25) is 0 Å². The van der Waals surface area contributed by atoms with E-state index in [4.69, 9.17) is 11.0 Å². The van der Waals surface area contributed by atoms with Crippen LogP contribution >= 0.6 is 0 Å². The number of amides is 1. The molecule has 0 saturated heterocycles. The molecule has 0 spiro atoms. The van der Waals surface area contributed by atoms with Crippen molar-refractivity contribution in [3.63, 3.8) is 0 Å². The van der Waals surface area contributed by atoms with Gasteiger partial charge in [0.05, 0.1) is 11.6 Å². The molecule has 0 aliphatic rings. The topological polar surface area (TPSA) is 78.9 Å². The summed E-state index contributed by atoms with van der Waals surface area (Å²) in [7, 11) is 0. The molecule has 1 atom stereocenters. The Morgan fingerprint density at radius 1 is 1.23 bits per heavy atom. The monoisotopic (exact) mass is 293 g/mol. The Morgan fingerprint density at radius 2 is 1.91 bits per heavy atom. The number of hydrogen-bond donors (Lipinski definition) is 2. The van der Waals surface area contributed by atoms with Gasteiger partial charge in [-0.3, -0.25) is 4.79 Å². The van der Waals surface area contributed by atoms with Gasteiger partial charge in [-0.05, 0) is 29.7 Å². The summed E-state index contributed by atoms with van der Waals surface area (Å²) in [5.41, 5.74) is 8.91. The van der Waals surface area contributed by atoms with Gasteiger partial charge in [0.15, 0.2) is 0 Å². The molecule has 3 N–H and O–H groups in total. The van der Waals surface area contributed by atoms with Crippen molar-refractivity contribution in [2.24, 2.45) is 5.73 Å². The van der Waals surface area contributed by atoms with E-state index in [0.29, 0.717) is 18.5 Å². The van der Waals surface area contributed by atoms with E-state index in [9.17, 15) is 4.79 Å². The minimum Gasteiger partial charge on any atom is -0.370 e. The summed E-state index contributed by atoms with van der Waals surface area (Å²) in [6.07, 6.45) is 0.327. The number of carbonyl (C=O) groups is 1. The zero-order chi connectivity index (χ0) is 15.9. The van der Waals surface area contributed by atoms with Crippen molar-refractivity contribution in [1.82, 2.24) is 5.32 Å². The second-order valence-corrected chi connectivity index (χ2v) is 5.31. The highest BCUT2D eigenvalue weighted by atomic mass is 16.1. The largest absolute Gasteiger partial charge is 0.370 e. The highest BCUT2D eigenvalue weighted by Gasteiger charge is 2.06. The van der Waals surface area contributed by atoms with E-state index in [1.807, 2.05) is 55.5 Å². The summed E-state index contributed by atoms with van der Waals surface area (Å²) in [4.78, 5) is 10.8. The highest BCUT2D eigenvalue weighted by Crippen LogP contribution is 2.23. The predicted molar refractivity (Wildman–Crippen MR) is 86.7 cm³/mol. The molecule has 2 rings (SSSR count). The van der Waals surface area contributed by atoms with Crippen LogP contribution in [0.3, 0.4) is 0 Å². The maximum Gasteiger partial charge on any atom is 0.218 e. The van der Waals surface area contributed by atoms with Crippen LogP contribution in [-0.4, -0.2) is 11.9 Å². The molecule has 2 aromatic carbocycles. The van der Waals surface area contributed by atoms with Gasteiger partial charge in [-0.15, -0.1) is 0 Å². The Hall–Kier alpha value is -2.64. The second kappa shape index (κ2) is 7.39. The van der Waals surface area contributed by atoms with Crippen molar-refractivity contribution >= 4 is 5.91 Å². The summed E-state index contributed by atoms with van der Waals surface area (Å²) in [5, 5.41) is 12.4. The van der Waals surface area contributed by atoms with Gasteiger partial charge in [0.2, 0.25) is 5.91 Å². The van der Waals surface area contributed by atoms with Crippen LogP contribution < -0.4 is 11.1 Å². The number of rotatable bonds is 6. The minimum atomic E-state index is -0.302. The van der Waals surface area contributed by atoms with E-state index in [-0.39, 0.29) is 11.9 Å². The van der Waals surface area contributed by atoms with E-state index in [0.717, 1.165) is 16.7 Å². The summed E-state index contributed by atoms with van der Waals surface area (Å²) >= 11 is 0. The molecule has 4 nitrogen and oxygen atoms in total. The number of hydrogen-bond acceptors (Lipinski definition) is 3. The molecule has 112 valence electrons. The lowest BCUT2D eigenvalue weighted by Gasteiger charge is -2.12. The molecule has 0 aliphatic carbocycles. The molecule has 4 heteroatoms. The van der Waals surface area contributed by atoms with E-state index in [1.54, 1.807) is 0 Å². The fourth-order valence-corrected chi connectivity index (χ4v) is 2.30. The summed E-state index contributed by atoms with van der Waals surface area (Å²) in [6.45, 7) is 2.61. The normalized spacial score (nSPS) is 11.6. The minimum absolute atomic E-state index is 0.0523. The van der Waals surface area contributed by atoms with Crippen LogP contribution in [0.25, 0.3) is 11.1 Å². The van der Waals surface area contributed by atoms with Gasteiger partial charge in [0, 0.05) is 19.0 Å². The SMILES string of the molecule is C[C@H](CC(N)=O)NCc1ccc(-c2ccccc2C#N)cc1. The lowest BCUT2D eigenvalue weighted by molar-refractivity contribution is -0.118. The van der Waals surface area contributed by atoms with Crippen molar-refractivity contribution < 1.29 is 4.79 Å². The first kappa shape index (κ1) is 15.7. The van der Waals surface area contributed by atoms with Crippen molar-refractivity contribution in [2.45, 2.75) is 25.9 Å². The van der Waals surface area contributed by atoms with Crippen LogP contribution in [0.4, 0.5) is 0 Å². The molecule has 0 aromatic heterocycles. The van der Waals surface area contributed by atoms with Gasteiger partial charge in [-0.1, -0.05) is 42.5 Å². The molecule has 0 radical (unpaired) electrons. The summed E-state index contributed by atoms with van der Waals surface area (Å²) < 4.78 is 0. The maximum absolute atomic E-state index is 10.8. The average molecular weight is 293 g/mol. The fourth-order valence-electron chi connectivity index (χ4n) is 2.30. The quantitative estimate of drug-likeness (QED) is 0.859. The van der Waals surface area contributed by atoms with Crippen molar-refractivity contribution in [1.29, 1.82) is 5.26 Å². The van der Waals surface area contributed by atoms with Crippen LogP contribution in [0.5, 0.6) is 0 Å². The Kier molecular flexibility index (Phi) is 5.29. The van der Waals surface area contributed by atoms with Crippen LogP contribution in [0, 0.1) is 11.3 Å². The van der Waals surface area contributed by atoms with Crippen molar-refractivity contribution in [3.8, 4) is 17.2 Å². The molecular weight excluding hydrogens is 274 g/mol. The molecule has 22 heavy (non-hydrogen) atoms. The van der Waals surface area contributed by atoms with Gasteiger partial charge in [-0.25, -0.2) is 0 Å². The second-order valence-electron chi connectivity index (χ2n) is 5.31. The zero-order valence-corrected chi connectivity index (χ0v) is 12.5. The van der Waals surface area contributed by atoms with E-state index < -0.39 is 0 Å². The van der Waals surface area contributed by atoms with Gasteiger partial charge < -0.3 is 11.1 Å². The molecule has 0 fully saturated rings. The molecule has 0 aliphatic heterocycles. The lowest BCUT2D eigenvalue weighted by Crippen LogP contribution is -2.30. The van der Waals surface area contributed by atoms with Crippen molar-refractivity contribution in [2.75, 3.05) is 0 Å². The zero-order valence-electron chi connectivity index (χ0n) is 12.5. The molecule has 0 heterocycles. The first-order valence-corrected chi connectivity index (χ1v) is 7.20. The third-order valence-electron chi connectivity index (χ3n) is 3.47. The number of nitriles is 1. The average Bonchev–Trinajstić information content (AvgIpc) is 2.53. The number of benzene rings is 2. The molecular formula is C18H19N3O. The van der Waals surface area contributed by atoms with E-state index >= 15 is 0 Å². The highest BCUT2D eigenvalue weighted by molar-refractivity contribution is 5.74. The molecule has 1 amide bonds. The Bertz CT molecular complexity index is 686. The van der Waals surface area contributed by atoms with Crippen molar-refractivity contribution in [3.05, 3.63) is 59.7 Å². The van der Waals surface area contributed by atoms with E-state index in [2.05, 4.69) is 11.4 Å². The smallest absolute Gasteiger partial charge is 0.218 e. The van der Waals surface area contributed by atoms with Crippen LogP contribution in [-0.2, 0) is 11.3 Å². The Balaban J connectivity index is 2.05.